The highest BCUT2D eigenvalue weighted by Crippen LogP contribution is 2.33. The fraction of sp³-hybridized carbons (Fsp3) is 0.263. The predicted molar refractivity (Wildman–Crippen MR) is 105 cm³/mol. The van der Waals surface area contributed by atoms with Gasteiger partial charge in [0.15, 0.2) is 5.56 Å². The topological polar surface area (TPSA) is 107 Å². The number of nitrogens with zero attached hydrogens (tertiary/aromatic N) is 1. The molecule has 0 spiro atoms. The fourth-order valence-electron chi connectivity index (χ4n) is 3.75. The quantitative estimate of drug-likeness (QED) is 0.549. The minimum atomic E-state index is -1.45. The van der Waals surface area contributed by atoms with Crippen LogP contribution in [0.15, 0.2) is 29.1 Å². The fourth-order valence-corrected chi connectivity index (χ4v) is 3.75. The van der Waals surface area contributed by atoms with Crippen LogP contribution in [-0.2, 0) is 13.0 Å². The lowest BCUT2D eigenvalue weighted by Gasteiger charge is -2.11. The maximum Gasteiger partial charge on any atom is 0.345 e. The second-order valence-corrected chi connectivity index (χ2v) is 6.69. The number of nitrogens with one attached hydrogen (secondary N) is 2. The summed E-state index contributed by atoms with van der Waals surface area (Å²) in [7, 11) is 1.95. The van der Waals surface area contributed by atoms with Gasteiger partial charge >= 0.3 is 5.97 Å². The van der Waals surface area contributed by atoms with Crippen molar-refractivity contribution in [1.29, 1.82) is 0 Å². The molecule has 27 heavy (non-hydrogen) atoms. The SMILES string of the molecule is CNC1Cc2cc3ccc(-c4[nH]c(=O)c(C(=O)O)c(O)c4C)cc3n2C1.Cl. The molecule has 1 aliphatic heterocycles. The molecular formula is C19H20ClN3O4. The first kappa shape index (κ1) is 19.0. The zero-order chi connectivity index (χ0) is 18.6. The Morgan fingerprint density at radius 3 is 2.74 bits per heavy atom. The lowest BCUT2D eigenvalue weighted by Crippen LogP contribution is -2.26. The molecule has 0 aliphatic carbocycles. The van der Waals surface area contributed by atoms with Gasteiger partial charge in [0.05, 0.1) is 5.69 Å². The summed E-state index contributed by atoms with van der Waals surface area (Å²) in [5.41, 5.74) is 2.36. The number of aromatic amines is 1. The van der Waals surface area contributed by atoms with E-state index in [1.807, 2.05) is 25.2 Å². The molecule has 0 amide bonds. The molecule has 3 aromatic rings. The molecule has 4 rings (SSSR count). The van der Waals surface area contributed by atoms with Crippen molar-refractivity contribution in [2.24, 2.45) is 0 Å². The van der Waals surface area contributed by atoms with Gasteiger partial charge in [0.25, 0.3) is 5.56 Å². The molecule has 1 unspecified atom stereocenters. The van der Waals surface area contributed by atoms with Gasteiger partial charge in [-0.3, -0.25) is 4.79 Å². The molecule has 142 valence electrons. The van der Waals surface area contributed by atoms with E-state index in [1.165, 1.54) is 5.69 Å². The maximum absolute atomic E-state index is 12.1. The summed E-state index contributed by atoms with van der Waals surface area (Å²) in [4.78, 5) is 25.9. The van der Waals surface area contributed by atoms with Crippen LogP contribution in [0.25, 0.3) is 22.2 Å². The first-order chi connectivity index (χ1) is 12.4. The third kappa shape index (κ3) is 2.89. The van der Waals surface area contributed by atoms with Crippen LogP contribution in [0.3, 0.4) is 0 Å². The van der Waals surface area contributed by atoms with E-state index < -0.39 is 22.8 Å². The lowest BCUT2D eigenvalue weighted by molar-refractivity contribution is 0.0691. The molecule has 7 nitrogen and oxygen atoms in total. The maximum atomic E-state index is 12.1. The molecule has 1 aliphatic rings. The van der Waals surface area contributed by atoms with E-state index in [-0.39, 0.29) is 12.4 Å². The van der Waals surface area contributed by atoms with Gasteiger partial charge in [-0.1, -0.05) is 12.1 Å². The van der Waals surface area contributed by atoms with Crippen molar-refractivity contribution in [2.45, 2.75) is 25.9 Å². The van der Waals surface area contributed by atoms with Gasteiger partial charge in [0, 0.05) is 41.3 Å². The summed E-state index contributed by atoms with van der Waals surface area (Å²) in [5, 5.41) is 23.7. The van der Waals surface area contributed by atoms with E-state index in [9.17, 15) is 14.7 Å². The van der Waals surface area contributed by atoms with Crippen molar-refractivity contribution in [3.8, 4) is 17.0 Å². The van der Waals surface area contributed by atoms with Crippen LogP contribution in [0.5, 0.6) is 5.75 Å². The molecule has 8 heteroatoms. The minimum absolute atomic E-state index is 0. The lowest BCUT2D eigenvalue weighted by atomic mass is 10.0. The largest absolute Gasteiger partial charge is 0.506 e. The smallest absolute Gasteiger partial charge is 0.345 e. The third-order valence-electron chi connectivity index (χ3n) is 5.19. The number of hydrogen-bond donors (Lipinski definition) is 4. The Kier molecular flexibility index (Phi) is 4.75. The summed E-state index contributed by atoms with van der Waals surface area (Å²) in [6.07, 6.45) is 0.963. The molecule has 0 fully saturated rings. The average Bonchev–Trinajstić information content (AvgIpc) is 3.14. The highest BCUT2D eigenvalue weighted by Gasteiger charge is 2.24. The molecule has 0 saturated heterocycles. The number of benzene rings is 1. The number of aromatic nitrogens is 2. The molecule has 1 atom stereocenters. The van der Waals surface area contributed by atoms with E-state index >= 15 is 0 Å². The molecule has 4 N–H and O–H groups in total. The number of fused-ring (bicyclic) bond motifs is 3. The number of carbonyl (C=O) groups is 1. The van der Waals surface area contributed by atoms with Crippen molar-refractivity contribution in [2.75, 3.05) is 7.05 Å². The van der Waals surface area contributed by atoms with Crippen LogP contribution in [0.1, 0.15) is 21.6 Å². The van der Waals surface area contributed by atoms with Crippen LogP contribution in [0.2, 0.25) is 0 Å². The zero-order valence-corrected chi connectivity index (χ0v) is 15.7. The van der Waals surface area contributed by atoms with Crippen molar-refractivity contribution in [3.63, 3.8) is 0 Å². The molecule has 0 bridgehead atoms. The standard InChI is InChI=1S/C19H19N3O4.ClH/c1-9-16(21-18(24)15(17(9)23)19(25)26)11-4-3-10-5-13-7-12(20-2)8-22(13)14(10)6-11;/h3-6,12,20H,7-8H2,1-2H3,(H,25,26)(H2,21,23,24);1H. The Labute approximate surface area is 161 Å². The number of pyridine rings is 1. The number of likely N-dealkylation sites (N-methyl/N-ethyl adjacent to an activating group) is 1. The van der Waals surface area contributed by atoms with Gasteiger partial charge in [-0.25, -0.2) is 4.79 Å². The highest BCUT2D eigenvalue weighted by molar-refractivity contribution is 5.92. The van der Waals surface area contributed by atoms with Crippen LogP contribution in [0.4, 0.5) is 0 Å². The molecule has 0 radical (unpaired) electrons. The summed E-state index contributed by atoms with van der Waals surface area (Å²) in [6.45, 7) is 2.47. The van der Waals surface area contributed by atoms with Crippen molar-refractivity contribution >= 4 is 29.3 Å². The second-order valence-electron chi connectivity index (χ2n) is 6.69. The number of halogens is 1. The Morgan fingerprint density at radius 2 is 2.07 bits per heavy atom. The molecule has 2 aromatic heterocycles. The number of rotatable bonds is 3. The Balaban J connectivity index is 0.00000210. The average molecular weight is 390 g/mol. The number of hydrogen-bond acceptors (Lipinski definition) is 4. The Bertz CT molecular complexity index is 1120. The van der Waals surface area contributed by atoms with Crippen LogP contribution < -0.4 is 10.9 Å². The van der Waals surface area contributed by atoms with Gasteiger partial charge in [0.1, 0.15) is 5.75 Å². The zero-order valence-electron chi connectivity index (χ0n) is 14.9. The third-order valence-corrected chi connectivity index (χ3v) is 5.19. The van der Waals surface area contributed by atoms with Crippen LogP contribution >= 0.6 is 12.4 Å². The second kappa shape index (κ2) is 6.75. The van der Waals surface area contributed by atoms with Gasteiger partial charge in [0.2, 0.25) is 0 Å². The van der Waals surface area contributed by atoms with Gasteiger partial charge in [-0.15, -0.1) is 12.4 Å². The van der Waals surface area contributed by atoms with E-state index in [0.717, 1.165) is 29.4 Å². The van der Waals surface area contributed by atoms with Crippen molar-refractivity contribution in [1.82, 2.24) is 14.9 Å². The molecule has 0 saturated carbocycles. The molecular weight excluding hydrogens is 370 g/mol. The van der Waals surface area contributed by atoms with E-state index in [2.05, 4.69) is 20.9 Å². The minimum Gasteiger partial charge on any atom is -0.506 e. The first-order valence-corrected chi connectivity index (χ1v) is 8.39. The molecule has 3 heterocycles. The Hall–Kier alpha value is -2.77. The molecule has 1 aromatic carbocycles. The summed E-state index contributed by atoms with van der Waals surface area (Å²) in [6, 6.07) is 8.38. The summed E-state index contributed by atoms with van der Waals surface area (Å²) >= 11 is 0. The normalized spacial score (nSPS) is 15.6. The highest BCUT2D eigenvalue weighted by atomic mass is 35.5. The van der Waals surface area contributed by atoms with E-state index in [1.54, 1.807) is 6.92 Å². The van der Waals surface area contributed by atoms with E-state index in [4.69, 9.17) is 5.11 Å². The van der Waals surface area contributed by atoms with Gasteiger partial charge in [-0.05, 0) is 31.5 Å². The first-order valence-electron chi connectivity index (χ1n) is 8.39. The predicted octanol–water partition coefficient (Wildman–Crippen LogP) is 2.27. The van der Waals surface area contributed by atoms with Crippen molar-refractivity contribution < 1.29 is 15.0 Å². The summed E-state index contributed by atoms with van der Waals surface area (Å²) < 4.78 is 2.25. The van der Waals surface area contributed by atoms with Crippen LogP contribution in [-0.4, -0.2) is 38.8 Å². The number of H-pyrrole nitrogens is 1. The van der Waals surface area contributed by atoms with Crippen LogP contribution in [0, 0.1) is 6.92 Å². The number of aromatic carboxylic acids is 1. The Morgan fingerprint density at radius 1 is 1.33 bits per heavy atom. The summed E-state index contributed by atoms with van der Waals surface area (Å²) in [5.74, 6) is -1.94. The van der Waals surface area contributed by atoms with Gasteiger partial charge in [-0.2, -0.15) is 0 Å². The monoisotopic (exact) mass is 389 g/mol. The van der Waals surface area contributed by atoms with E-state index in [0.29, 0.717) is 17.3 Å². The number of carboxylic acid groups (broad SMARTS) is 1. The number of aromatic hydroxyl groups is 1. The number of carboxylic acids is 1. The van der Waals surface area contributed by atoms with Gasteiger partial charge < -0.3 is 25.1 Å². The van der Waals surface area contributed by atoms with Crippen molar-refractivity contribution in [3.05, 3.63) is 51.4 Å².